The van der Waals surface area contributed by atoms with E-state index in [4.69, 9.17) is 4.52 Å². The second-order valence-corrected chi connectivity index (χ2v) is 8.95. The van der Waals surface area contributed by atoms with Crippen LogP contribution in [0.2, 0.25) is 0 Å². The van der Waals surface area contributed by atoms with Crippen LogP contribution in [0.3, 0.4) is 0 Å². The lowest BCUT2D eigenvalue weighted by atomic mass is 9.86. The number of aromatic nitrogens is 4. The monoisotopic (exact) mass is 429 g/mol. The molecule has 0 spiro atoms. The van der Waals surface area contributed by atoms with Gasteiger partial charge in [-0.15, -0.1) is 0 Å². The summed E-state index contributed by atoms with van der Waals surface area (Å²) in [6.45, 7) is 7.60. The number of carbonyl (C=O) groups excluding carboxylic acids is 1. The van der Waals surface area contributed by atoms with Crippen LogP contribution in [0.5, 0.6) is 0 Å². The van der Waals surface area contributed by atoms with Gasteiger partial charge < -0.3 is 9.84 Å². The summed E-state index contributed by atoms with van der Waals surface area (Å²) in [7, 11) is 0. The number of benzene rings is 1. The highest BCUT2D eigenvalue weighted by Crippen LogP contribution is 2.34. The molecule has 2 heterocycles. The number of hydrogen-bond acceptors (Lipinski definition) is 5. The molecule has 9 heteroatoms. The highest BCUT2D eigenvalue weighted by molar-refractivity contribution is 5.79. The van der Waals surface area contributed by atoms with E-state index in [1.165, 1.54) is 10.7 Å². The van der Waals surface area contributed by atoms with Gasteiger partial charge in [-0.2, -0.15) is 14.8 Å². The predicted molar refractivity (Wildman–Crippen MR) is 109 cm³/mol. The molecule has 0 bridgehead atoms. The summed E-state index contributed by atoms with van der Waals surface area (Å²) in [6, 6.07) is 2.72. The van der Waals surface area contributed by atoms with E-state index in [-0.39, 0.29) is 0 Å². The lowest BCUT2D eigenvalue weighted by Gasteiger charge is -2.28. The van der Waals surface area contributed by atoms with Crippen LogP contribution >= 0.6 is 0 Å². The maximum atomic E-state index is 13.8. The summed E-state index contributed by atoms with van der Waals surface area (Å²) in [6.07, 6.45) is 3.28. The van der Waals surface area contributed by atoms with Gasteiger partial charge in [0.1, 0.15) is 6.04 Å². The van der Waals surface area contributed by atoms with Crippen molar-refractivity contribution in [1.29, 1.82) is 0 Å². The average molecular weight is 429 g/mol. The number of hydrogen-bond donors (Lipinski definition) is 1. The highest BCUT2D eigenvalue weighted by atomic mass is 19.2. The van der Waals surface area contributed by atoms with Crippen molar-refractivity contribution in [1.82, 2.24) is 25.2 Å². The first-order valence-electron chi connectivity index (χ1n) is 10.3. The SMILES string of the molecule is Cc1noc(C(NC(=O)n2nc(-c3ccc(F)c(F)c3)c3c2CCCC3)C(C)(C)C)n1. The van der Waals surface area contributed by atoms with Gasteiger partial charge in [-0.3, -0.25) is 0 Å². The Labute approximate surface area is 178 Å². The molecule has 1 N–H and O–H groups in total. The lowest BCUT2D eigenvalue weighted by Crippen LogP contribution is -2.40. The molecule has 0 aliphatic heterocycles. The van der Waals surface area contributed by atoms with Gasteiger partial charge in [-0.25, -0.2) is 13.6 Å². The summed E-state index contributed by atoms with van der Waals surface area (Å²) in [5.74, 6) is -1.06. The molecule has 1 atom stereocenters. The van der Waals surface area contributed by atoms with E-state index in [0.29, 0.717) is 29.4 Å². The zero-order valence-corrected chi connectivity index (χ0v) is 18.0. The van der Waals surface area contributed by atoms with Gasteiger partial charge in [0, 0.05) is 11.1 Å². The quantitative estimate of drug-likeness (QED) is 0.650. The van der Waals surface area contributed by atoms with Crippen LogP contribution in [-0.2, 0) is 12.8 Å². The summed E-state index contributed by atoms with van der Waals surface area (Å²) in [4.78, 5) is 17.6. The number of nitrogens with zero attached hydrogens (tertiary/aromatic N) is 4. The highest BCUT2D eigenvalue weighted by Gasteiger charge is 2.34. The minimum Gasteiger partial charge on any atom is -0.337 e. The lowest BCUT2D eigenvalue weighted by molar-refractivity contribution is 0.195. The molecular formula is C22H25F2N5O2. The second-order valence-electron chi connectivity index (χ2n) is 8.95. The number of rotatable bonds is 3. The van der Waals surface area contributed by atoms with Crippen molar-refractivity contribution in [2.24, 2.45) is 5.41 Å². The third-order valence-corrected chi connectivity index (χ3v) is 5.49. The molecule has 31 heavy (non-hydrogen) atoms. The van der Waals surface area contributed by atoms with E-state index in [9.17, 15) is 13.6 Å². The first kappa shape index (κ1) is 21.1. The van der Waals surface area contributed by atoms with Crippen molar-refractivity contribution < 1.29 is 18.1 Å². The van der Waals surface area contributed by atoms with Crippen molar-refractivity contribution in [3.8, 4) is 11.3 Å². The number of amides is 1. The van der Waals surface area contributed by atoms with E-state index < -0.39 is 29.1 Å². The molecule has 7 nitrogen and oxygen atoms in total. The van der Waals surface area contributed by atoms with Crippen molar-refractivity contribution in [3.05, 3.63) is 52.8 Å². The minimum atomic E-state index is -0.944. The van der Waals surface area contributed by atoms with Gasteiger partial charge in [0.25, 0.3) is 0 Å². The molecular weight excluding hydrogens is 404 g/mol. The maximum absolute atomic E-state index is 13.8. The molecule has 1 unspecified atom stereocenters. The topological polar surface area (TPSA) is 85.8 Å². The van der Waals surface area contributed by atoms with Crippen LogP contribution in [0.4, 0.5) is 13.6 Å². The van der Waals surface area contributed by atoms with E-state index in [2.05, 4.69) is 20.6 Å². The molecule has 1 aliphatic carbocycles. The summed E-state index contributed by atoms with van der Waals surface area (Å²) < 4.78 is 33.9. The van der Waals surface area contributed by atoms with Crippen LogP contribution < -0.4 is 5.32 Å². The third kappa shape index (κ3) is 4.08. The smallest absolute Gasteiger partial charge is 0.337 e. The van der Waals surface area contributed by atoms with Crippen LogP contribution in [0, 0.1) is 24.0 Å². The van der Waals surface area contributed by atoms with Gasteiger partial charge >= 0.3 is 6.03 Å². The molecule has 164 valence electrons. The number of aryl methyl sites for hydroxylation is 1. The van der Waals surface area contributed by atoms with E-state index in [0.717, 1.165) is 42.7 Å². The molecule has 0 fully saturated rings. The fraction of sp³-hybridized carbons (Fsp3) is 0.455. The number of nitrogens with one attached hydrogen (secondary N) is 1. The molecule has 0 saturated carbocycles. The Morgan fingerprint density at radius 1 is 1.19 bits per heavy atom. The molecule has 1 aromatic carbocycles. The fourth-order valence-electron chi connectivity index (χ4n) is 3.91. The Balaban J connectivity index is 1.72. The van der Waals surface area contributed by atoms with Gasteiger partial charge in [0.05, 0.1) is 11.4 Å². The van der Waals surface area contributed by atoms with Crippen LogP contribution in [0.15, 0.2) is 22.7 Å². The zero-order valence-electron chi connectivity index (χ0n) is 18.0. The normalized spacial score (nSPS) is 14.9. The fourth-order valence-corrected chi connectivity index (χ4v) is 3.91. The molecule has 4 rings (SSSR count). The summed E-state index contributed by atoms with van der Waals surface area (Å²) >= 11 is 0. The maximum Gasteiger partial charge on any atom is 0.343 e. The first-order valence-corrected chi connectivity index (χ1v) is 10.3. The van der Waals surface area contributed by atoms with Crippen LogP contribution in [0.25, 0.3) is 11.3 Å². The van der Waals surface area contributed by atoms with Crippen molar-refractivity contribution in [2.45, 2.75) is 59.4 Å². The van der Waals surface area contributed by atoms with Gasteiger partial charge in [-0.1, -0.05) is 25.9 Å². The standard InChI is InChI=1S/C22H25F2N5O2/c1-12-25-20(31-28-12)19(22(2,3)4)26-21(30)29-17-8-6-5-7-14(17)18(27-29)13-9-10-15(23)16(24)11-13/h9-11,19H,5-8H2,1-4H3,(H,26,30). The Kier molecular flexibility index (Phi) is 5.36. The van der Waals surface area contributed by atoms with Gasteiger partial charge in [-0.05, 0) is 56.2 Å². The summed E-state index contributed by atoms with van der Waals surface area (Å²) in [5.41, 5.74) is 2.24. The average Bonchev–Trinajstić information content (AvgIpc) is 3.31. The molecule has 1 amide bonds. The third-order valence-electron chi connectivity index (χ3n) is 5.49. The molecule has 3 aromatic rings. The van der Waals surface area contributed by atoms with Gasteiger partial charge in [0.2, 0.25) is 5.89 Å². The summed E-state index contributed by atoms with van der Waals surface area (Å²) in [5, 5.41) is 11.3. The van der Waals surface area contributed by atoms with Crippen molar-refractivity contribution >= 4 is 6.03 Å². The molecule has 0 saturated heterocycles. The Hall–Kier alpha value is -3.10. The second kappa shape index (κ2) is 7.86. The first-order chi connectivity index (χ1) is 14.6. The molecule has 2 aromatic heterocycles. The number of carbonyl (C=O) groups is 1. The Morgan fingerprint density at radius 2 is 1.94 bits per heavy atom. The predicted octanol–water partition coefficient (Wildman–Crippen LogP) is 4.74. The molecule has 0 radical (unpaired) electrons. The number of halogens is 2. The number of fused-ring (bicyclic) bond motifs is 1. The van der Waals surface area contributed by atoms with Crippen molar-refractivity contribution in [2.75, 3.05) is 0 Å². The Morgan fingerprint density at radius 3 is 2.58 bits per heavy atom. The minimum absolute atomic E-state index is 0.320. The van der Waals surface area contributed by atoms with E-state index >= 15 is 0 Å². The van der Waals surface area contributed by atoms with Crippen molar-refractivity contribution in [3.63, 3.8) is 0 Å². The molecule has 1 aliphatic rings. The van der Waals surface area contributed by atoms with Crippen LogP contribution in [-0.4, -0.2) is 26.0 Å². The zero-order chi connectivity index (χ0) is 22.3. The Bertz CT molecular complexity index is 1130. The van der Waals surface area contributed by atoms with E-state index in [1.54, 1.807) is 6.92 Å². The largest absolute Gasteiger partial charge is 0.343 e. The van der Waals surface area contributed by atoms with Crippen LogP contribution in [0.1, 0.15) is 62.6 Å². The van der Waals surface area contributed by atoms with E-state index in [1.807, 2.05) is 20.8 Å². The van der Waals surface area contributed by atoms with Gasteiger partial charge in [0.15, 0.2) is 17.5 Å².